The number of nitrogens with one attached hydrogen (secondary N) is 2. The van der Waals surface area contributed by atoms with Crippen molar-refractivity contribution in [3.63, 3.8) is 0 Å². The van der Waals surface area contributed by atoms with Crippen molar-refractivity contribution in [3.05, 3.63) is 54.1 Å². The van der Waals surface area contributed by atoms with Gasteiger partial charge in [-0.2, -0.15) is 0 Å². The van der Waals surface area contributed by atoms with E-state index in [-0.39, 0.29) is 34.1 Å². The lowest BCUT2D eigenvalue weighted by molar-refractivity contribution is -0.120. The Bertz CT molecular complexity index is 991. The van der Waals surface area contributed by atoms with Gasteiger partial charge in [0, 0.05) is 29.5 Å². The summed E-state index contributed by atoms with van der Waals surface area (Å²) in [6.45, 7) is 2.42. The summed E-state index contributed by atoms with van der Waals surface area (Å²) in [7, 11) is -3.63. The highest BCUT2D eigenvalue weighted by atomic mass is 32.2. The molecule has 2 amide bonds. The second-order valence-electron chi connectivity index (χ2n) is 6.99. The zero-order valence-electron chi connectivity index (χ0n) is 16.2. The Morgan fingerprint density at radius 3 is 2.72 bits per heavy atom. The van der Waals surface area contributed by atoms with Crippen LogP contribution in [0.1, 0.15) is 25.3 Å². The number of carbonyl (C=O) groups excluding carboxylic acids is 2. The standard InChI is InChI=1S/C21H24N2O4S2/c1-15-13-21(25)23-18-14-17(7-8-19(18)28-15)29(26,27)12-10-20(24)22-11-9-16-5-3-2-4-6-16/h2-8,14-15H,9-13H2,1H3,(H,22,24)(H,23,25). The van der Waals surface area contributed by atoms with Gasteiger partial charge in [0.15, 0.2) is 9.84 Å². The van der Waals surface area contributed by atoms with Gasteiger partial charge >= 0.3 is 0 Å². The molecule has 0 aromatic heterocycles. The smallest absolute Gasteiger partial charge is 0.225 e. The van der Waals surface area contributed by atoms with Gasteiger partial charge in [-0.1, -0.05) is 37.3 Å². The molecule has 29 heavy (non-hydrogen) atoms. The van der Waals surface area contributed by atoms with Crippen molar-refractivity contribution in [2.75, 3.05) is 17.6 Å². The maximum atomic E-state index is 12.6. The molecule has 0 radical (unpaired) electrons. The first-order chi connectivity index (χ1) is 13.8. The van der Waals surface area contributed by atoms with E-state index < -0.39 is 9.84 Å². The van der Waals surface area contributed by atoms with Crippen molar-refractivity contribution >= 4 is 39.1 Å². The molecule has 0 spiro atoms. The topological polar surface area (TPSA) is 92.3 Å². The predicted molar refractivity (Wildman–Crippen MR) is 115 cm³/mol. The van der Waals surface area contributed by atoms with Gasteiger partial charge in [-0.3, -0.25) is 9.59 Å². The number of rotatable bonds is 7. The van der Waals surface area contributed by atoms with E-state index in [1.165, 1.54) is 17.8 Å². The third-order valence-electron chi connectivity index (χ3n) is 4.56. The monoisotopic (exact) mass is 432 g/mol. The summed E-state index contributed by atoms with van der Waals surface area (Å²) in [5.41, 5.74) is 1.62. The van der Waals surface area contributed by atoms with E-state index in [2.05, 4.69) is 10.6 Å². The van der Waals surface area contributed by atoms with Crippen LogP contribution in [0.4, 0.5) is 5.69 Å². The first-order valence-corrected chi connectivity index (χ1v) is 12.0. The van der Waals surface area contributed by atoms with Gasteiger partial charge < -0.3 is 10.6 Å². The SMILES string of the molecule is CC1CC(=O)Nc2cc(S(=O)(=O)CCC(=O)NCCc3ccccc3)ccc2S1. The van der Waals surface area contributed by atoms with Crippen LogP contribution in [-0.2, 0) is 25.8 Å². The molecule has 0 aliphatic carbocycles. The molecule has 1 atom stereocenters. The maximum Gasteiger partial charge on any atom is 0.225 e. The van der Waals surface area contributed by atoms with Crippen molar-refractivity contribution in [1.29, 1.82) is 0 Å². The van der Waals surface area contributed by atoms with Crippen molar-refractivity contribution in [2.45, 2.75) is 41.2 Å². The van der Waals surface area contributed by atoms with Crippen LogP contribution in [0.5, 0.6) is 0 Å². The molecule has 0 fully saturated rings. The second kappa shape index (κ2) is 9.45. The van der Waals surface area contributed by atoms with Crippen molar-refractivity contribution in [2.24, 2.45) is 0 Å². The molecule has 2 aromatic rings. The number of thioether (sulfide) groups is 1. The van der Waals surface area contributed by atoms with E-state index in [1.54, 1.807) is 12.1 Å². The molecule has 2 aromatic carbocycles. The molecule has 0 saturated carbocycles. The predicted octanol–water partition coefficient (Wildman–Crippen LogP) is 3.03. The largest absolute Gasteiger partial charge is 0.356 e. The summed E-state index contributed by atoms with van der Waals surface area (Å²) in [5, 5.41) is 5.65. The molecule has 1 aliphatic rings. The number of hydrogen-bond acceptors (Lipinski definition) is 5. The number of fused-ring (bicyclic) bond motifs is 1. The summed E-state index contributed by atoms with van der Waals surface area (Å²) in [4.78, 5) is 24.9. The van der Waals surface area contributed by atoms with Gasteiger partial charge in [0.05, 0.1) is 16.3 Å². The molecule has 1 heterocycles. The number of carbonyl (C=O) groups is 2. The number of sulfone groups is 1. The maximum absolute atomic E-state index is 12.6. The summed E-state index contributed by atoms with van der Waals surface area (Å²) in [6, 6.07) is 14.5. The van der Waals surface area contributed by atoms with Crippen molar-refractivity contribution in [1.82, 2.24) is 5.32 Å². The van der Waals surface area contributed by atoms with Crippen molar-refractivity contribution in [3.8, 4) is 0 Å². The molecular weight excluding hydrogens is 408 g/mol. The summed E-state index contributed by atoms with van der Waals surface area (Å²) >= 11 is 1.54. The van der Waals surface area contributed by atoms with Crippen molar-refractivity contribution < 1.29 is 18.0 Å². The zero-order chi connectivity index (χ0) is 20.9. The minimum Gasteiger partial charge on any atom is -0.356 e. The molecule has 8 heteroatoms. The van der Waals surface area contributed by atoms with Gasteiger partial charge in [0.2, 0.25) is 11.8 Å². The van der Waals surface area contributed by atoms with Crippen LogP contribution >= 0.6 is 11.8 Å². The highest BCUT2D eigenvalue weighted by Crippen LogP contribution is 2.36. The van der Waals surface area contributed by atoms with Crippen LogP contribution in [-0.4, -0.2) is 37.8 Å². The van der Waals surface area contributed by atoms with E-state index in [0.29, 0.717) is 25.1 Å². The number of anilines is 1. The lowest BCUT2D eigenvalue weighted by Gasteiger charge is -2.11. The fourth-order valence-electron chi connectivity index (χ4n) is 3.05. The molecule has 2 N–H and O–H groups in total. The fraction of sp³-hybridized carbons (Fsp3) is 0.333. The Kier molecular flexibility index (Phi) is 6.97. The van der Waals surface area contributed by atoms with E-state index in [0.717, 1.165) is 10.5 Å². The first kappa shape index (κ1) is 21.4. The summed E-state index contributed by atoms with van der Waals surface area (Å²) in [6.07, 6.45) is 0.969. The molecule has 0 saturated heterocycles. The second-order valence-corrected chi connectivity index (χ2v) is 10.6. The van der Waals surface area contributed by atoms with Crippen LogP contribution in [0.25, 0.3) is 0 Å². The Morgan fingerprint density at radius 1 is 1.21 bits per heavy atom. The lowest BCUT2D eigenvalue weighted by atomic mass is 10.1. The van der Waals surface area contributed by atoms with Gasteiger partial charge in [0.25, 0.3) is 0 Å². The third kappa shape index (κ3) is 6.08. The molecule has 0 bridgehead atoms. The minimum absolute atomic E-state index is 0.105. The lowest BCUT2D eigenvalue weighted by Crippen LogP contribution is -2.27. The Labute approximate surface area is 175 Å². The average molecular weight is 433 g/mol. The Morgan fingerprint density at radius 2 is 1.97 bits per heavy atom. The summed E-state index contributed by atoms with van der Waals surface area (Å²) in [5.74, 6) is -0.700. The van der Waals surface area contributed by atoms with Gasteiger partial charge in [0.1, 0.15) is 0 Å². The highest BCUT2D eigenvalue weighted by Gasteiger charge is 2.22. The number of benzene rings is 2. The molecule has 1 aliphatic heterocycles. The van der Waals surface area contributed by atoms with E-state index >= 15 is 0 Å². The van der Waals surface area contributed by atoms with Crippen LogP contribution in [0.15, 0.2) is 58.3 Å². The van der Waals surface area contributed by atoms with Gasteiger partial charge in [-0.05, 0) is 30.2 Å². The normalized spacial score (nSPS) is 16.4. The minimum atomic E-state index is -3.63. The van der Waals surface area contributed by atoms with Gasteiger partial charge in [-0.15, -0.1) is 11.8 Å². The Hall–Kier alpha value is -2.32. The van der Waals surface area contributed by atoms with E-state index in [9.17, 15) is 18.0 Å². The quantitative estimate of drug-likeness (QED) is 0.702. The van der Waals surface area contributed by atoms with Crippen LogP contribution in [0, 0.1) is 0 Å². The van der Waals surface area contributed by atoms with E-state index in [4.69, 9.17) is 0 Å². The molecule has 154 valence electrons. The van der Waals surface area contributed by atoms with E-state index in [1.807, 2.05) is 37.3 Å². The molecule has 3 rings (SSSR count). The first-order valence-electron chi connectivity index (χ1n) is 9.47. The Balaban J connectivity index is 1.57. The third-order valence-corrected chi connectivity index (χ3v) is 7.45. The molecule has 1 unspecified atom stereocenters. The fourth-order valence-corrected chi connectivity index (χ4v) is 5.36. The average Bonchev–Trinajstić information content (AvgIpc) is 2.82. The number of amides is 2. The van der Waals surface area contributed by atoms with Gasteiger partial charge in [-0.25, -0.2) is 8.42 Å². The van der Waals surface area contributed by atoms with Crippen LogP contribution in [0.2, 0.25) is 0 Å². The van der Waals surface area contributed by atoms with Crippen LogP contribution < -0.4 is 10.6 Å². The molecular formula is C21H24N2O4S2. The summed E-state index contributed by atoms with van der Waals surface area (Å²) < 4.78 is 25.3. The number of hydrogen-bond donors (Lipinski definition) is 2. The molecule has 6 nitrogen and oxygen atoms in total. The van der Waals surface area contributed by atoms with Crippen LogP contribution in [0.3, 0.4) is 0 Å². The highest BCUT2D eigenvalue weighted by molar-refractivity contribution is 8.00. The zero-order valence-corrected chi connectivity index (χ0v) is 17.8.